The zero-order chi connectivity index (χ0) is 17.7. The summed E-state index contributed by atoms with van der Waals surface area (Å²) in [5, 5.41) is 14.5. The number of esters is 1. The van der Waals surface area contributed by atoms with Crippen LogP contribution in [0.3, 0.4) is 0 Å². The molecule has 1 fully saturated rings. The number of phenols is 1. The molecule has 8 heteroatoms. The second kappa shape index (κ2) is 8.14. The summed E-state index contributed by atoms with van der Waals surface area (Å²) in [6, 6.07) is 3.76. The molecule has 7 nitrogen and oxygen atoms in total. The number of ether oxygens (including phenoxy) is 1. The zero-order valence-electron chi connectivity index (χ0n) is 13.2. The number of hydrogen-bond acceptors (Lipinski definition) is 5. The van der Waals surface area contributed by atoms with Crippen LogP contribution in [0.1, 0.15) is 43.0 Å². The standard InChI is InChI=1S/C16H19BrN2O5/c1-9(14(21)19-16(23)18-11-4-2-3-5-11)24-15(22)12-8-10(17)6-7-13(12)20/h6-9,11,20H,2-5H2,1H3,(H2,18,19,21,23). The molecule has 1 aliphatic rings. The minimum atomic E-state index is -1.18. The Bertz CT molecular complexity index is 643. The van der Waals surface area contributed by atoms with Crippen molar-refractivity contribution < 1.29 is 24.2 Å². The molecule has 0 aliphatic heterocycles. The van der Waals surface area contributed by atoms with Gasteiger partial charge in [0.2, 0.25) is 0 Å². The van der Waals surface area contributed by atoms with E-state index in [0.29, 0.717) is 4.47 Å². The lowest BCUT2D eigenvalue weighted by atomic mass is 10.2. The van der Waals surface area contributed by atoms with E-state index in [1.54, 1.807) is 6.07 Å². The van der Waals surface area contributed by atoms with Gasteiger partial charge in [0.05, 0.1) is 0 Å². The first-order valence-electron chi connectivity index (χ1n) is 7.67. The summed E-state index contributed by atoms with van der Waals surface area (Å²) in [4.78, 5) is 35.7. The summed E-state index contributed by atoms with van der Waals surface area (Å²) in [6.45, 7) is 1.35. The highest BCUT2D eigenvalue weighted by atomic mass is 79.9. The fraction of sp³-hybridized carbons (Fsp3) is 0.438. The number of rotatable bonds is 4. The van der Waals surface area contributed by atoms with E-state index in [-0.39, 0.29) is 17.4 Å². The first-order chi connectivity index (χ1) is 11.4. The van der Waals surface area contributed by atoms with Crippen LogP contribution in [-0.4, -0.2) is 35.2 Å². The maximum absolute atomic E-state index is 12.0. The lowest BCUT2D eigenvalue weighted by molar-refractivity contribution is -0.127. The highest BCUT2D eigenvalue weighted by molar-refractivity contribution is 9.10. The summed E-state index contributed by atoms with van der Waals surface area (Å²) in [5.74, 6) is -1.84. The van der Waals surface area contributed by atoms with Crippen LogP contribution in [0.15, 0.2) is 22.7 Å². The molecule has 1 unspecified atom stereocenters. The highest BCUT2D eigenvalue weighted by Crippen LogP contribution is 2.23. The lowest BCUT2D eigenvalue weighted by Gasteiger charge is -2.16. The molecule has 0 spiro atoms. The van der Waals surface area contributed by atoms with E-state index in [9.17, 15) is 19.5 Å². The number of hydrogen-bond donors (Lipinski definition) is 3. The Morgan fingerprint density at radius 3 is 2.62 bits per heavy atom. The van der Waals surface area contributed by atoms with Crippen molar-refractivity contribution in [1.82, 2.24) is 10.6 Å². The maximum Gasteiger partial charge on any atom is 0.342 e. The molecule has 0 aromatic heterocycles. The molecular formula is C16H19BrN2O5. The Kier molecular flexibility index (Phi) is 6.19. The van der Waals surface area contributed by atoms with Gasteiger partial charge in [-0.3, -0.25) is 10.1 Å². The molecule has 0 heterocycles. The van der Waals surface area contributed by atoms with Crippen LogP contribution in [0.25, 0.3) is 0 Å². The first-order valence-corrected chi connectivity index (χ1v) is 8.47. The zero-order valence-corrected chi connectivity index (χ0v) is 14.8. The first kappa shape index (κ1) is 18.3. The van der Waals surface area contributed by atoms with Crippen LogP contribution in [-0.2, 0) is 9.53 Å². The number of phenolic OH excluding ortho intramolecular Hbond substituents is 1. The number of halogens is 1. The van der Waals surface area contributed by atoms with E-state index >= 15 is 0 Å². The number of urea groups is 1. The second-order valence-corrected chi connectivity index (χ2v) is 6.57. The van der Waals surface area contributed by atoms with Crippen LogP contribution in [0, 0.1) is 0 Å². The van der Waals surface area contributed by atoms with Crippen molar-refractivity contribution >= 4 is 33.8 Å². The minimum Gasteiger partial charge on any atom is -0.507 e. The second-order valence-electron chi connectivity index (χ2n) is 5.65. The Hall–Kier alpha value is -2.09. The molecule has 0 radical (unpaired) electrons. The van der Waals surface area contributed by atoms with Gasteiger partial charge in [0.15, 0.2) is 6.10 Å². The van der Waals surface area contributed by atoms with Crippen molar-refractivity contribution in [2.45, 2.75) is 44.8 Å². The molecule has 0 bridgehead atoms. The van der Waals surface area contributed by atoms with Gasteiger partial charge in [-0.05, 0) is 38.0 Å². The van der Waals surface area contributed by atoms with Crippen molar-refractivity contribution in [2.24, 2.45) is 0 Å². The van der Waals surface area contributed by atoms with Gasteiger partial charge in [0.25, 0.3) is 5.91 Å². The lowest BCUT2D eigenvalue weighted by Crippen LogP contribution is -2.47. The van der Waals surface area contributed by atoms with E-state index in [0.717, 1.165) is 25.7 Å². The molecule has 1 atom stereocenters. The number of carbonyl (C=O) groups is 3. The SMILES string of the molecule is CC(OC(=O)c1cc(Br)ccc1O)C(=O)NC(=O)NC1CCCC1. The van der Waals surface area contributed by atoms with E-state index in [1.165, 1.54) is 19.1 Å². The van der Waals surface area contributed by atoms with Gasteiger partial charge in [0, 0.05) is 10.5 Å². The van der Waals surface area contributed by atoms with Crippen molar-refractivity contribution in [3.05, 3.63) is 28.2 Å². The van der Waals surface area contributed by atoms with Gasteiger partial charge in [0.1, 0.15) is 11.3 Å². The summed E-state index contributed by atoms with van der Waals surface area (Å²) in [6.07, 6.45) is 2.74. The van der Waals surface area contributed by atoms with Crippen LogP contribution in [0.5, 0.6) is 5.75 Å². The molecule has 130 valence electrons. The molecule has 1 aliphatic carbocycles. The van der Waals surface area contributed by atoms with Crippen molar-refractivity contribution in [1.29, 1.82) is 0 Å². The van der Waals surface area contributed by atoms with Gasteiger partial charge >= 0.3 is 12.0 Å². The third-order valence-corrected chi connectivity index (χ3v) is 4.25. The molecular weight excluding hydrogens is 380 g/mol. The Morgan fingerprint density at radius 2 is 1.96 bits per heavy atom. The van der Waals surface area contributed by atoms with E-state index < -0.39 is 24.0 Å². The summed E-state index contributed by atoms with van der Waals surface area (Å²) in [5.41, 5.74) is -0.0700. The van der Waals surface area contributed by atoms with Gasteiger partial charge in [-0.15, -0.1) is 0 Å². The third kappa shape index (κ3) is 4.95. The number of nitrogens with one attached hydrogen (secondary N) is 2. The average Bonchev–Trinajstić information content (AvgIpc) is 3.02. The summed E-state index contributed by atoms with van der Waals surface area (Å²) in [7, 11) is 0. The topological polar surface area (TPSA) is 105 Å². The van der Waals surface area contributed by atoms with Crippen molar-refractivity contribution in [3.8, 4) is 5.75 Å². The fourth-order valence-electron chi connectivity index (χ4n) is 2.45. The number of carbonyl (C=O) groups excluding carboxylic acids is 3. The van der Waals surface area contributed by atoms with Gasteiger partial charge in [-0.2, -0.15) is 0 Å². The van der Waals surface area contributed by atoms with E-state index in [2.05, 4.69) is 26.6 Å². The van der Waals surface area contributed by atoms with Crippen LogP contribution >= 0.6 is 15.9 Å². The number of amides is 3. The Balaban J connectivity index is 1.87. The van der Waals surface area contributed by atoms with Crippen molar-refractivity contribution in [3.63, 3.8) is 0 Å². The van der Waals surface area contributed by atoms with Crippen LogP contribution < -0.4 is 10.6 Å². The van der Waals surface area contributed by atoms with Crippen molar-refractivity contribution in [2.75, 3.05) is 0 Å². The molecule has 1 saturated carbocycles. The largest absolute Gasteiger partial charge is 0.507 e. The number of benzene rings is 1. The summed E-state index contributed by atoms with van der Waals surface area (Å²) >= 11 is 3.18. The average molecular weight is 399 g/mol. The minimum absolute atomic E-state index is 0.0700. The molecule has 1 aromatic carbocycles. The van der Waals surface area contributed by atoms with E-state index in [4.69, 9.17) is 4.74 Å². The molecule has 1 aromatic rings. The molecule has 0 saturated heterocycles. The summed E-state index contributed by atoms with van der Waals surface area (Å²) < 4.78 is 5.58. The number of aromatic hydroxyl groups is 1. The Labute approximate surface area is 147 Å². The predicted octanol–water partition coefficient (Wildman–Crippen LogP) is 2.47. The highest BCUT2D eigenvalue weighted by Gasteiger charge is 2.24. The van der Waals surface area contributed by atoms with Gasteiger partial charge in [-0.25, -0.2) is 9.59 Å². The quantitative estimate of drug-likeness (QED) is 0.675. The molecule has 2 rings (SSSR count). The molecule has 3 N–H and O–H groups in total. The molecule has 24 heavy (non-hydrogen) atoms. The number of imide groups is 1. The Morgan fingerprint density at radius 1 is 1.29 bits per heavy atom. The maximum atomic E-state index is 12.0. The normalized spacial score (nSPS) is 15.6. The monoisotopic (exact) mass is 398 g/mol. The third-order valence-electron chi connectivity index (χ3n) is 3.76. The van der Waals surface area contributed by atoms with Crippen LogP contribution in [0.4, 0.5) is 4.79 Å². The van der Waals surface area contributed by atoms with Gasteiger partial charge < -0.3 is 15.2 Å². The van der Waals surface area contributed by atoms with Crippen LogP contribution in [0.2, 0.25) is 0 Å². The van der Waals surface area contributed by atoms with Gasteiger partial charge in [-0.1, -0.05) is 28.8 Å². The molecule has 3 amide bonds. The fourth-order valence-corrected chi connectivity index (χ4v) is 2.82. The predicted molar refractivity (Wildman–Crippen MR) is 89.6 cm³/mol. The van der Waals surface area contributed by atoms with E-state index in [1.807, 2.05) is 0 Å². The smallest absolute Gasteiger partial charge is 0.342 e.